The van der Waals surface area contributed by atoms with E-state index in [9.17, 15) is 9.18 Å². The van der Waals surface area contributed by atoms with Crippen molar-refractivity contribution in [3.8, 4) is 5.75 Å². The minimum Gasteiger partial charge on any atom is -0.497 e. The summed E-state index contributed by atoms with van der Waals surface area (Å²) in [6.45, 7) is 1.56. The van der Waals surface area contributed by atoms with Crippen LogP contribution >= 0.6 is 11.6 Å². The van der Waals surface area contributed by atoms with Crippen LogP contribution in [-0.2, 0) is 6.54 Å². The van der Waals surface area contributed by atoms with Gasteiger partial charge in [0, 0.05) is 30.3 Å². The van der Waals surface area contributed by atoms with Gasteiger partial charge in [0.2, 0.25) is 0 Å². The zero-order chi connectivity index (χ0) is 16.4. The van der Waals surface area contributed by atoms with Crippen molar-refractivity contribution in [3.63, 3.8) is 0 Å². The van der Waals surface area contributed by atoms with Gasteiger partial charge in [-0.1, -0.05) is 17.7 Å². The van der Waals surface area contributed by atoms with E-state index in [0.29, 0.717) is 24.7 Å². The fourth-order valence-electron chi connectivity index (χ4n) is 2.59. The number of hydrogen-bond acceptors (Lipinski definition) is 2. The Morgan fingerprint density at radius 2 is 1.91 bits per heavy atom. The van der Waals surface area contributed by atoms with Crippen molar-refractivity contribution in [1.29, 1.82) is 0 Å². The Bertz CT molecular complexity index is 721. The maximum atomic E-state index is 13.1. The smallest absolute Gasteiger partial charge is 0.324 e. The molecule has 1 saturated heterocycles. The van der Waals surface area contributed by atoms with Gasteiger partial charge in [0.15, 0.2) is 0 Å². The average molecular weight is 335 g/mol. The predicted octanol–water partition coefficient (Wildman–Crippen LogP) is 3.93. The first-order valence-corrected chi connectivity index (χ1v) is 7.60. The van der Waals surface area contributed by atoms with Crippen molar-refractivity contribution in [3.05, 3.63) is 58.9 Å². The number of benzene rings is 2. The molecule has 0 unspecified atom stereocenters. The molecule has 1 heterocycles. The summed E-state index contributed by atoms with van der Waals surface area (Å²) >= 11 is 6.04. The van der Waals surface area contributed by atoms with Gasteiger partial charge >= 0.3 is 6.03 Å². The summed E-state index contributed by atoms with van der Waals surface area (Å²) in [5.41, 5.74) is 1.56. The van der Waals surface area contributed by atoms with Gasteiger partial charge < -0.3 is 9.64 Å². The van der Waals surface area contributed by atoms with Gasteiger partial charge in [-0.05, 0) is 42.0 Å². The Balaban J connectivity index is 1.73. The van der Waals surface area contributed by atoms with Crippen molar-refractivity contribution in [2.45, 2.75) is 6.54 Å². The Kier molecular flexibility index (Phi) is 4.39. The number of carbonyl (C=O) groups is 1. The number of nitrogens with zero attached hydrogens (tertiary/aromatic N) is 2. The Hall–Kier alpha value is -2.27. The topological polar surface area (TPSA) is 32.8 Å². The van der Waals surface area contributed by atoms with E-state index in [1.54, 1.807) is 23.0 Å². The highest BCUT2D eigenvalue weighted by Crippen LogP contribution is 2.25. The Labute approximate surface area is 139 Å². The first-order chi connectivity index (χ1) is 11.1. The second-order valence-electron chi connectivity index (χ2n) is 5.29. The fraction of sp³-hybridized carbons (Fsp3) is 0.235. The third kappa shape index (κ3) is 3.24. The first kappa shape index (κ1) is 15.6. The van der Waals surface area contributed by atoms with Crippen molar-refractivity contribution in [2.75, 3.05) is 25.1 Å². The van der Waals surface area contributed by atoms with E-state index >= 15 is 0 Å². The molecule has 1 aliphatic heterocycles. The van der Waals surface area contributed by atoms with E-state index in [-0.39, 0.29) is 11.8 Å². The van der Waals surface area contributed by atoms with Gasteiger partial charge in [-0.3, -0.25) is 4.90 Å². The summed E-state index contributed by atoms with van der Waals surface area (Å²) in [7, 11) is 1.60. The van der Waals surface area contributed by atoms with E-state index in [1.165, 1.54) is 12.1 Å². The second kappa shape index (κ2) is 6.46. The van der Waals surface area contributed by atoms with Gasteiger partial charge in [0.25, 0.3) is 0 Å². The van der Waals surface area contributed by atoms with Crippen LogP contribution in [0.5, 0.6) is 5.75 Å². The minimum atomic E-state index is -0.383. The molecule has 1 aliphatic rings. The fourth-order valence-corrected chi connectivity index (χ4v) is 2.81. The standard InChI is InChI=1S/C17H16ClFN2O2/c1-23-15-6-4-14(5-7-15)21-9-8-20(17(21)22)11-12-2-3-13(19)10-16(12)18/h2-7,10H,8-9,11H2,1H3. The van der Waals surface area contributed by atoms with E-state index in [4.69, 9.17) is 16.3 Å². The predicted molar refractivity (Wildman–Crippen MR) is 87.6 cm³/mol. The molecule has 4 nitrogen and oxygen atoms in total. The van der Waals surface area contributed by atoms with Gasteiger partial charge in [0.1, 0.15) is 11.6 Å². The molecule has 2 aromatic carbocycles. The quantitative estimate of drug-likeness (QED) is 0.848. The molecule has 2 aromatic rings. The number of anilines is 1. The highest BCUT2D eigenvalue weighted by atomic mass is 35.5. The molecule has 0 N–H and O–H groups in total. The number of rotatable bonds is 4. The molecule has 0 aliphatic carbocycles. The SMILES string of the molecule is COc1ccc(N2CCN(Cc3ccc(F)cc3Cl)C2=O)cc1. The molecule has 120 valence electrons. The van der Waals surface area contributed by atoms with Crippen molar-refractivity contribution >= 4 is 23.3 Å². The lowest BCUT2D eigenvalue weighted by Crippen LogP contribution is -2.31. The highest BCUT2D eigenvalue weighted by Gasteiger charge is 2.29. The molecular weight excluding hydrogens is 319 g/mol. The lowest BCUT2D eigenvalue weighted by molar-refractivity contribution is 0.219. The molecule has 0 saturated carbocycles. The summed E-state index contributed by atoms with van der Waals surface area (Å²) in [5, 5.41) is 0.334. The van der Waals surface area contributed by atoms with Crippen LogP contribution in [0.1, 0.15) is 5.56 Å². The van der Waals surface area contributed by atoms with Crippen molar-refractivity contribution in [1.82, 2.24) is 4.90 Å². The molecule has 6 heteroatoms. The van der Waals surface area contributed by atoms with Crippen LogP contribution in [0, 0.1) is 5.82 Å². The minimum absolute atomic E-state index is 0.0874. The van der Waals surface area contributed by atoms with Crippen molar-refractivity contribution in [2.24, 2.45) is 0 Å². The van der Waals surface area contributed by atoms with Crippen molar-refractivity contribution < 1.29 is 13.9 Å². The lowest BCUT2D eigenvalue weighted by atomic mass is 10.2. The molecule has 0 radical (unpaired) electrons. The summed E-state index contributed by atoms with van der Waals surface area (Å²) in [5.74, 6) is 0.363. The zero-order valence-corrected chi connectivity index (χ0v) is 13.4. The molecule has 0 aromatic heterocycles. The van der Waals surface area contributed by atoms with Crippen LogP contribution in [0.15, 0.2) is 42.5 Å². The third-order valence-electron chi connectivity index (χ3n) is 3.86. The lowest BCUT2D eigenvalue weighted by Gasteiger charge is -2.19. The van der Waals surface area contributed by atoms with E-state index < -0.39 is 0 Å². The summed E-state index contributed by atoms with van der Waals surface area (Å²) in [6.07, 6.45) is 0. The van der Waals surface area contributed by atoms with Crippen LogP contribution in [0.4, 0.5) is 14.9 Å². The molecule has 3 rings (SSSR count). The van der Waals surface area contributed by atoms with Gasteiger partial charge in [-0.2, -0.15) is 0 Å². The molecule has 23 heavy (non-hydrogen) atoms. The molecule has 0 atom stereocenters. The van der Waals surface area contributed by atoms with Crippen LogP contribution in [0.2, 0.25) is 5.02 Å². The van der Waals surface area contributed by atoms with E-state index in [1.807, 2.05) is 24.3 Å². The summed E-state index contributed by atoms with van der Waals surface area (Å²) in [6, 6.07) is 11.5. The number of hydrogen-bond donors (Lipinski definition) is 0. The first-order valence-electron chi connectivity index (χ1n) is 7.23. The van der Waals surface area contributed by atoms with Gasteiger partial charge in [-0.15, -0.1) is 0 Å². The van der Waals surface area contributed by atoms with Crippen LogP contribution in [-0.4, -0.2) is 31.1 Å². The maximum absolute atomic E-state index is 13.1. The Morgan fingerprint density at radius 1 is 1.17 bits per heavy atom. The van der Waals surface area contributed by atoms with Crippen LogP contribution < -0.4 is 9.64 Å². The van der Waals surface area contributed by atoms with Crippen LogP contribution in [0.3, 0.4) is 0 Å². The van der Waals surface area contributed by atoms with Gasteiger partial charge in [0.05, 0.1) is 7.11 Å². The summed E-state index contributed by atoms with van der Waals surface area (Å²) < 4.78 is 18.2. The van der Waals surface area contributed by atoms with E-state index in [0.717, 1.165) is 17.0 Å². The maximum Gasteiger partial charge on any atom is 0.324 e. The number of methoxy groups -OCH3 is 1. The molecule has 2 amide bonds. The Morgan fingerprint density at radius 3 is 2.57 bits per heavy atom. The number of amides is 2. The van der Waals surface area contributed by atoms with Crippen LogP contribution in [0.25, 0.3) is 0 Å². The second-order valence-corrected chi connectivity index (χ2v) is 5.70. The zero-order valence-electron chi connectivity index (χ0n) is 12.6. The largest absolute Gasteiger partial charge is 0.497 e. The number of ether oxygens (including phenoxy) is 1. The molecule has 0 bridgehead atoms. The normalized spacial score (nSPS) is 14.5. The number of halogens is 2. The monoisotopic (exact) mass is 334 g/mol. The molecule has 0 spiro atoms. The number of carbonyl (C=O) groups excluding carboxylic acids is 1. The third-order valence-corrected chi connectivity index (χ3v) is 4.21. The van der Waals surface area contributed by atoms with E-state index in [2.05, 4.69) is 0 Å². The highest BCUT2D eigenvalue weighted by molar-refractivity contribution is 6.31. The van der Waals surface area contributed by atoms with Gasteiger partial charge in [-0.25, -0.2) is 9.18 Å². The number of urea groups is 1. The molecular formula is C17H16ClFN2O2. The molecule has 1 fully saturated rings. The average Bonchev–Trinajstić information content (AvgIpc) is 2.91. The summed E-state index contributed by atoms with van der Waals surface area (Å²) in [4.78, 5) is 15.9.